The molecule has 0 unspecified atom stereocenters. The van der Waals surface area contributed by atoms with Crippen molar-refractivity contribution < 1.29 is 18.7 Å². The van der Waals surface area contributed by atoms with Gasteiger partial charge in [-0.05, 0) is 35.2 Å². The molecule has 0 aliphatic heterocycles. The van der Waals surface area contributed by atoms with Gasteiger partial charge < -0.3 is 13.9 Å². The Balaban J connectivity index is 1.64. The van der Waals surface area contributed by atoms with Crippen LogP contribution in [0, 0.1) is 6.92 Å². The highest BCUT2D eigenvalue weighted by Crippen LogP contribution is 2.35. The van der Waals surface area contributed by atoms with Crippen LogP contribution in [0.1, 0.15) is 11.1 Å². The van der Waals surface area contributed by atoms with Gasteiger partial charge >= 0.3 is 11.6 Å². The summed E-state index contributed by atoms with van der Waals surface area (Å²) >= 11 is 0. The van der Waals surface area contributed by atoms with Crippen LogP contribution in [0.25, 0.3) is 44.2 Å². The number of carboxylic acids is 1. The van der Waals surface area contributed by atoms with E-state index in [2.05, 4.69) is 24.3 Å². The normalized spacial score (nSPS) is 11.3. The molecule has 2 heterocycles. The maximum Gasteiger partial charge on any atom is 0.340 e. The minimum Gasteiger partial charge on any atom is -0.481 e. The Morgan fingerprint density at radius 1 is 0.871 bits per heavy atom. The lowest BCUT2D eigenvalue weighted by atomic mass is 9.98. The molecular formula is C26H18O5. The average Bonchev–Trinajstić information content (AvgIpc) is 3.19. The average molecular weight is 410 g/mol. The van der Waals surface area contributed by atoms with Crippen molar-refractivity contribution in [2.75, 3.05) is 0 Å². The molecule has 1 N–H and O–H groups in total. The minimum absolute atomic E-state index is 0.164. The number of fused-ring (bicyclic) bond motifs is 2. The second kappa shape index (κ2) is 7.29. The lowest BCUT2D eigenvalue weighted by Crippen LogP contribution is -2.14. The van der Waals surface area contributed by atoms with Crippen LogP contribution in [0.2, 0.25) is 0 Å². The molecule has 0 aliphatic carbocycles. The van der Waals surface area contributed by atoms with Crippen LogP contribution < -0.4 is 5.63 Å². The monoisotopic (exact) mass is 410 g/mol. The number of furan rings is 1. The summed E-state index contributed by atoms with van der Waals surface area (Å²) in [5, 5.41) is 10.7. The topological polar surface area (TPSA) is 80.6 Å². The third-order valence-corrected chi connectivity index (χ3v) is 5.61. The van der Waals surface area contributed by atoms with Gasteiger partial charge in [-0.2, -0.15) is 0 Å². The van der Waals surface area contributed by atoms with E-state index in [4.69, 9.17) is 13.9 Å². The Kier molecular flexibility index (Phi) is 4.44. The quantitative estimate of drug-likeness (QED) is 0.378. The first-order chi connectivity index (χ1) is 15.0. The van der Waals surface area contributed by atoms with Crippen LogP contribution in [-0.2, 0) is 11.2 Å². The Morgan fingerprint density at radius 2 is 1.55 bits per heavy atom. The van der Waals surface area contributed by atoms with E-state index >= 15 is 0 Å². The second-order valence-electron chi connectivity index (χ2n) is 7.50. The summed E-state index contributed by atoms with van der Waals surface area (Å²) in [6.07, 6.45) is 1.31. The number of hydrogen-bond acceptors (Lipinski definition) is 4. The van der Waals surface area contributed by atoms with Gasteiger partial charge in [0.1, 0.15) is 11.2 Å². The third-order valence-electron chi connectivity index (χ3n) is 5.61. The van der Waals surface area contributed by atoms with Crippen LogP contribution in [0.5, 0.6) is 0 Å². The second-order valence-corrected chi connectivity index (χ2v) is 7.50. The first-order valence-electron chi connectivity index (χ1n) is 9.86. The van der Waals surface area contributed by atoms with E-state index in [1.165, 1.54) is 0 Å². The lowest BCUT2D eigenvalue weighted by molar-refractivity contribution is -0.136. The number of hydrogen-bond donors (Lipinski definition) is 1. The van der Waals surface area contributed by atoms with Gasteiger partial charge in [0.2, 0.25) is 0 Å². The lowest BCUT2D eigenvalue weighted by Gasteiger charge is -2.07. The molecule has 0 radical (unpaired) electrons. The summed E-state index contributed by atoms with van der Waals surface area (Å²) in [6, 6.07) is 22.0. The molecule has 5 heteroatoms. The van der Waals surface area contributed by atoms with Gasteiger partial charge in [-0.1, -0.05) is 54.6 Å². The van der Waals surface area contributed by atoms with Crippen LogP contribution in [-0.4, -0.2) is 11.1 Å². The molecule has 0 fully saturated rings. The summed E-state index contributed by atoms with van der Waals surface area (Å²) in [6.45, 7) is 1.75. The van der Waals surface area contributed by atoms with E-state index in [-0.39, 0.29) is 12.0 Å². The molecule has 0 aliphatic rings. The number of rotatable bonds is 4. The Bertz CT molecular complexity index is 1490. The molecule has 152 valence electrons. The van der Waals surface area contributed by atoms with E-state index in [0.717, 1.165) is 27.6 Å². The van der Waals surface area contributed by atoms with E-state index < -0.39 is 11.6 Å². The first kappa shape index (κ1) is 18.9. The fraction of sp³-hybridized carbons (Fsp3) is 0.0769. The van der Waals surface area contributed by atoms with Crippen molar-refractivity contribution in [1.82, 2.24) is 0 Å². The van der Waals surface area contributed by atoms with Crippen molar-refractivity contribution in [1.29, 1.82) is 0 Å². The Labute approximate surface area is 177 Å². The highest BCUT2D eigenvalue weighted by Gasteiger charge is 2.17. The van der Waals surface area contributed by atoms with Crippen molar-refractivity contribution in [2.24, 2.45) is 0 Å². The summed E-state index contributed by atoms with van der Waals surface area (Å²) in [5.74, 6) is -1.07. The van der Waals surface area contributed by atoms with Gasteiger partial charge in [0, 0.05) is 22.4 Å². The van der Waals surface area contributed by atoms with Crippen LogP contribution in [0.15, 0.2) is 86.6 Å². The van der Waals surface area contributed by atoms with Crippen LogP contribution in [0.4, 0.5) is 0 Å². The van der Waals surface area contributed by atoms with Crippen LogP contribution in [0.3, 0.4) is 0 Å². The predicted molar refractivity (Wildman–Crippen MR) is 119 cm³/mol. The number of carboxylic acid groups (broad SMARTS) is 1. The van der Waals surface area contributed by atoms with E-state index in [1.54, 1.807) is 19.3 Å². The largest absolute Gasteiger partial charge is 0.481 e. The van der Waals surface area contributed by atoms with Gasteiger partial charge in [0.25, 0.3) is 0 Å². The number of aliphatic carboxylic acids is 1. The van der Waals surface area contributed by atoms with Crippen molar-refractivity contribution in [3.63, 3.8) is 0 Å². The minimum atomic E-state index is -1.07. The van der Waals surface area contributed by atoms with Gasteiger partial charge in [-0.15, -0.1) is 0 Å². The van der Waals surface area contributed by atoms with Gasteiger partial charge in [-0.3, -0.25) is 4.79 Å². The number of benzene rings is 3. The highest BCUT2D eigenvalue weighted by atomic mass is 16.4. The summed E-state index contributed by atoms with van der Waals surface area (Å²) < 4.78 is 11.1. The zero-order valence-corrected chi connectivity index (χ0v) is 16.7. The third kappa shape index (κ3) is 3.30. The molecule has 31 heavy (non-hydrogen) atoms. The van der Waals surface area contributed by atoms with Crippen LogP contribution >= 0.6 is 0 Å². The molecule has 0 atom stereocenters. The fourth-order valence-electron chi connectivity index (χ4n) is 3.96. The van der Waals surface area contributed by atoms with E-state index in [9.17, 15) is 9.59 Å². The van der Waals surface area contributed by atoms with E-state index in [0.29, 0.717) is 22.1 Å². The maximum atomic E-state index is 12.2. The molecule has 5 nitrogen and oxygen atoms in total. The molecule has 5 rings (SSSR count). The fourth-order valence-corrected chi connectivity index (χ4v) is 3.96. The summed E-state index contributed by atoms with van der Waals surface area (Å²) in [5.41, 5.74) is 5.31. The van der Waals surface area contributed by atoms with Crippen molar-refractivity contribution in [2.45, 2.75) is 13.3 Å². The van der Waals surface area contributed by atoms with Gasteiger partial charge in [-0.25, -0.2) is 4.79 Å². The zero-order chi connectivity index (χ0) is 21.5. The first-order valence-corrected chi connectivity index (χ1v) is 9.86. The number of aryl methyl sites for hydroxylation is 1. The summed E-state index contributed by atoms with van der Waals surface area (Å²) in [4.78, 5) is 23.4. The summed E-state index contributed by atoms with van der Waals surface area (Å²) in [7, 11) is 0. The standard InChI is InChI=1S/C26H18O5/c1-15-19-11-21-22(18-9-7-17(8-10-18)16-5-3-2-4-6-16)14-30-23(21)13-24(19)31-26(29)20(15)12-25(27)28/h2-11,13-14H,12H2,1H3,(H,27,28). The molecule has 0 saturated carbocycles. The SMILES string of the molecule is Cc1c(CC(=O)O)c(=O)oc2cc3occ(-c4ccc(-c5ccccc5)cc4)c3cc12. The van der Waals surface area contributed by atoms with Crippen molar-refractivity contribution in [3.05, 3.63) is 94.5 Å². The predicted octanol–water partition coefficient (Wildman–Crippen LogP) is 5.81. The van der Waals surface area contributed by atoms with Crippen molar-refractivity contribution >= 4 is 27.9 Å². The molecule has 0 bridgehead atoms. The molecule has 5 aromatic rings. The Hall–Kier alpha value is -4.12. The maximum absolute atomic E-state index is 12.2. The van der Waals surface area contributed by atoms with Gasteiger partial charge in [0.15, 0.2) is 0 Å². The highest BCUT2D eigenvalue weighted by molar-refractivity contribution is 6.02. The Morgan fingerprint density at radius 3 is 2.26 bits per heavy atom. The number of carbonyl (C=O) groups is 1. The van der Waals surface area contributed by atoms with Gasteiger partial charge in [0.05, 0.1) is 18.2 Å². The smallest absolute Gasteiger partial charge is 0.340 e. The molecule has 0 spiro atoms. The molecule has 0 saturated heterocycles. The van der Waals surface area contributed by atoms with Crippen molar-refractivity contribution in [3.8, 4) is 22.3 Å². The molecule has 0 amide bonds. The molecule has 3 aromatic carbocycles. The zero-order valence-electron chi connectivity index (χ0n) is 16.7. The molecular weight excluding hydrogens is 392 g/mol. The molecule has 2 aromatic heterocycles. The van der Waals surface area contributed by atoms with E-state index in [1.807, 2.05) is 36.4 Å².